The maximum atomic E-state index is 11.0. The molecule has 0 aliphatic carbocycles. The molecule has 1 fully saturated rings. The maximum Gasteiger partial charge on any atom is 0.235 e. The van der Waals surface area contributed by atoms with E-state index in [0.717, 1.165) is 32.7 Å². The van der Waals surface area contributed by atoms with Crippen molar-refractivity contribution < 1.29 is 4.79 Å². The van der Waals surface area contributed by atoms with E-state index in [9.17, 15) is 4.79 Å². The fourth-order valence-electron chi connectivity index (χ4n) is 1.84. The van der Waals surface area contributed by atoms with E-state index in [1.807, 2.05) is 0 Å². The number of nitrogens with zero attached hydrogens (tertiary/aromatic N) is 2. The normalized spacial score (nSPS) is 19.5. The van der Waals surface area contributed by atoms with Crippen LogP contribution in [0.5, 0.6) is 0 Å². The summed E-state index contributed by atoms with van der Waals surface area (Å²) in [7, 11) is 0. The third-order valence-electron chi connectivity index (χ3n) is 2.95. The quantitative estimate of drug-likeness (QED) is 0.372. The first-order valence-corrected chi connectivity index (χ1v) is 5.59. The first-order valence-electron chi connectivity index (χ1n) is 5.59. The van der Waals surface area contributed by atoms with E-state index >= 15 is 0 Å². The van der Waals surface area contributed by atoms with Crippen LogP contribution in [0.25, 0.3) is 0 Å². The molecule has 0 spiro atoms. The van der Waals surface area contributed by atoms with Crippen LogP contribution >= 0.6 is 0 Å². The zero-order chi connectivity index (χ0) is 11.3. The van der Waals surface area contributed by atoms with E-state index in [4.69, 9.17) is 5.84 Å². The lowest BCUT2D eigenvalue weighted by atomic mass is 10.2. The Balaban J connectivity index is 2.17. The molecule has 0 aromatic rings. The van der Waals surface area contributed by atoms with E-state index in [2.05, 4.69) is 29.1 Å². The van der Waals surface area contributed by atoms with Crippen LogP contribution < -0.4 is 11.3 Å². The van der Waals surface area contributed by atoms with Gasteiger partial charge in [0.15, 0.2) is 0 Å². The molecule has 5 nitrogen and oxygen atoms in total. The molecule has 0 bridgehead atoms. The molecule has 88 valence electrons. The Bertz CT molecular complexity index is 200. The van der Waals surface area contributed by atoms with Crippen LogP contribution in [0.4, 0.5) is 0 Å². The van der Waals surface area contributed by atoms with Crippen LogP contribution in [-0.4, -0.2) is 54.5 Å². The van der Waals surface area contributed by atoms with Crippen LogP contribution in [0.3, 0.4) is 0 Å². The Morgan fingerprint density at radius 1 is 1.33 bits per heavy atom. The zero-order valence-corrected chi connectivity index (χ0v) is 9.70. The number of nitrogens with two attached hydrogens (primary N) is 1. The van der Waals surface area contributed by atoms with E-state index in [1.54, 1.807) is 0 Å². The Kier molecular flexibility index (Phi) is 5.01. The van der Waals surface area contributed by atoms with Crippen molar-refractivity contribution >= 4 is 5.91 Å². The van der Waals surface area contributed by atoms with Crippen molar-refractivity contribution in [3.8, 4) is 0 Å². The number of rotatable bonds is 4. The Morgan fingerprint density at radius 3 is 2.40 bits per heavy atom. The highest BCUT2D eigenvalue weighted by Crippen LogP contribution is 2.05. The van der Waals surface area contributed by atoms with Gasteiger partial charge in [-0.3, -0.25) is 15.1 Å². The molecule has 3 N–H and O–H groups in total. The van der Waals surface area contributed by atoms with Gasteiger partial charge in [0.05, 0.1) is 0 Å². The van der Waals surface area contributed by atoms with Gasteiger partial charge in [0.2, 0.25) is 5.91 Å². The van der Waals surface area contributed by atoms with Gasteiger partial charge in [-0.05, 0) is 13.8 Å². The Labute approximate surface area is 91.6 Å². The summed E-state index contributed by atoms with van der Waals surface area (Å²) < 4.78 is 0. The summed E-state index contributed by atoms with van der Waals surface area (Å²) in [5.41, 5.74) is 2.16. The standard InChI is InChI=1S/C10H22N4O/c1-9(2)14-7-5-13(6-8-14)4-3-10(15)12-11/h9H,3-8,11H2,1-2H3,(H,12,15). The van der Waals surface area contributed by atoms with Crippen molar-refractivity contribution in [2.75, 3.05) is 32.7 Å². The smallest absolute Gasteiger partial charge is 0.235 e. The lowest BCUT2D eigenvalue weighted by molar-refractivity contribution is -0.121. The highest BCUT2D eigenvalue weighted by Gasteiger charge is 2.18. The maximum absolute atomic E-state index is 11.0. The summed E-state index contributed by atoms with van der Waals surface area (Å²) in [6.07, 6.45) is 0.498. The highest BCUT2D eigenvalue weighted by molar-refractivity contribution is 5.75. The number of hydrogen-bond acceptors (Lipinski definition) is 4. The molecule has 0 aromatic carbocycles. The average molecular weight is 214 g/mol. The van der Waals surface area contributed by atoms with Crippen LogP contribution in [0.15, 0.2) is 0 Å². The van der Waals surface area contributed by atoms with Gasteiger partial charge in [-0.25, -0.2) is 5.84 Å². The summed E-state index contributed by atoms with van der Waals surface area (Å²) in [4.78, 5) is 15.7. The molecular weight excluding hydrogens is 192 g/mol. The molecule has 1 rings (SSSR count). The molecule has 1 amide bonds. The highest BCUT2D eigenvalue weighted by atomic mass is 16.2. The molecule has 0 radical (unpaired) electrons. The van der Waals surface area contributed by atoms with Crippen LogP contribution in [-0.2, 0) is 4.79 Å². The molecule has 0 unspecified atom stereocenters. The van der Waals surface area contributed by atoms with Gasteiger partial charge < -0.3 is 4.90 Å². The van der Waals surface area contributed by atoms with E-state index in [0.29, 0.717) is 12.5 Å². The topological polar surface area (TPSA) is 61.6 Å². The summed E-state index contributed by atoms with van der Waals surface area (Å²) in [5.74, 6) is 4.94. The van der Waals surface area contributed by atoms with Crippen LogP contribution in [0, 0.1) is 0 Å². The van der Waals surface area contributed by atoms with Gasteiger partial charge in [0.1, 0.15) is 0 Å². The second-order valence-electron chi connectivity index (χ2n) is 4.29. The van der Waals surface area contributed by atoms with Crippen LogP contribution in [0.2, 0.25) is 0 Å². The molecule has 1 aliphatic heterocycles. The summed E-state index contributed by atoms with van der Waals surface area (Å²) in [6, 6.07) is 0.625. The largest absolute Gasteiger partial charge is 0.300 e. The van der Waals surface area contributed by atoms with Crippen molar-refractivity contribution in [1.29, 1.82) is 0 Å². The molecule has 0 saturated carbocycles. The fourth-order valence-corrected chi connectivity index (χ4v) is 1.84. The number of nitrogens with one attached hydrogen (secondary N) is 1. The third-order valence-corrected chi connectivity index (χ3v) is 2.95. The Morgan fingerprint density at radius 2 is 1.93 bits per heavy atom. The predicted octanol–water partition coefficient (Wildman–Crippen LogP) is -0.608. The molecule has 15 heavy (non-hydrogen) atoms. The van der Waals surface area contributed by atoms with E-state index < -0.39 is 0 Å². The van der Waals surface area contributed by atoms with E-state index in [1.165, 1.54) is 0 Å². The van der Waals surface area contributed by atoms with Crippen molar-refractivity contribution in [1.82, 2.24) is 15.2 Å². The number of carbonyl (C=O) groups is 1. The van der Waals surface area contributed by atoms with Gasteiger partial charge in [-0.15, -0.1) is 0 Å². The molecular formula is C10H22N4O. The predicted molar refractivity (Wildman–Crippen MR) is 60.1 cm³/mol. The minimum absolute atomic E-state index is 0.0821. The molecule has 5 heteroatoms. The average Bonchev–Trinajstić information content (AvgIpc) is 2.26. The minimum atomic E-state index is -0.0821. The van der Waals surface area contributed by atoms with Gasteiger partial charge in [-0.1, -0.05) is 0 Å². The van der Waals surface area contributed by atoms with Crippen molar-refractivity contribution in [2.24, 2.45) is 5.84 Å². The van der Waals surface area contributed by atoms with Crippen molar-refractivity contribution in [3.63, 3.8) is 0 Å². The van der Waals surface area contributed by atoms with Crippen molar-refractivity contribution in [3.05, 3.63) is 0 Å². The second-order valence-corrected chi connectivity index (χ2v) is 4.29. The number of piperazine rings is 1. The summed E-state index contributed by atoms with van der Waals surface area (Å²) in [5, 5.41) is 0. The number of hydrazine groups is 1. The second kappa shape index (κ2) is 6.05. The summed E-state index contributed by atoms with van der Waals surface area (Å²) >= 11 is 0. The fraction of sp³-hybridized carbons (Fsp3) is 0.900. The molecule has 1 saturated heterocycles. The third kappa shape index (κ3) is 4.15. The monoisotopic (exact) mass is 214 g/mol. The lowest BCUT2D eigenvalue weighted by Gasteiger charge is -2.36. The Hall–Kier alpha value is -0.650. The SMILES string of the molecule is CC(C)N1CCN(CCC(=O)NN)CC1. The first-order chi connectivity index (χ1) is 7.13. The van der Waals surface area contributed by atoms with Crippen LogP contribution in [0.1, 0.15) is 20.3 Å². The lowest BCUT2D eigenvalue weighted by Crippen LogP contribution is -2.49. The van der Waals surface area contributed by atoms with Gasteiger partial charge in [0.25, 0.3) is 0 Å². The molecule has 0 atom stereocenters. The molecule has 1 aliphatic rings. The minimum Gasteiger partial charge on any atom is -0.300 e. The summed E-state index contributed by atoms with van der Waals surface area (Å²) in [6.45, 7) is 9.56. The van der Waals surface area contributed by atoms with Gasteiger partial charge in [-0.2, -0.15) is 0 Å². The molecule has 1 heterocycles. The molecule has 0 aromatic heterocycles. The van der Waals surface area contributed by atoms with E-state index in [-0.39, 0.29) is 5.91 Å². The van der Waals surface area contributed by atoms with Gasteiger partial charge in [0, 0.05) is 45.2 Å². The zero-order valence-electron chi connectivity index (χ0n) is 9.70. The first kappa shape index (κ1) is 12.4. The van der Waals surface area contributed by atoms with Crippen molar-refractivity contribution in [2.45, 2.75) is 26.3 Å². The van der Waals surface area contributed by atoms with Gasteiger partial charge >= 0.3 is 0 Å². The number of amides is 1. The number of hydrogen-bond donors (Lipinski definition) is 2. The number of carbonyl (C=O) groups excluding carboxylic acids is 1.